The third-order valence-corrected chi connectivity index (χ3v) is 8.23. The summed E-state index contributed by atoms with van der Waals surface area (Å²) in [6.07, 6.45) is 8.62. The maximum Gasteiger partial charge on any atom is 0.341 e. The van der Waals surface area contributed by atoms with Gasteiger partial charge >= 0.3 is 5.97 Å². The number of thiophene rings is 1. The van der Waals surface area contributed by atoms with E-state index in [1.165, 1.54) is 43.9 Å². The number of aromatic nitrogens is 3. The Kier molecular flexibility index (Phi) is 9.52. The standard InChI is InChI=1S/C23H33N5O4S2/c1-4-28-16(12-11-15-9-7-6-8-10-15)26-27-23(28)33-13-17(29)25-21-18(22(31)32-5-2)14(3)19(34-21)20(24)30/h15H,4-13H2,1-3H3,(H2,24,30)(H,25,29). The Morgan fingerprint density at radius 1 is 1.21 bits per heavy atom. The van der Waals surface area contributed by atoms with Crippen LogP contribution in [0.3, 0.4) is 0 Å². The van der Waals surface area contributed by atoms with Gasteiger partial charge < -0.3 is 20.4 Å². The van der Waals surface area contributed by atoms with Crippen molar-refractivity contribution in [2.45, 2.75) is 77.4 Å². The number of nitrogens with zero attached hydrogens (tertiary/aromatic N) is 3. The average Bonchev–Trinajstić information content (AvgIpc) is 3.37. The number of carbonyl (C=O) groups is 3. The van der Waals surface area contributed by atoms with Gasteiger partial charge in [0.05, 0.1) is 22.8 Å². The van der Waals surface area contributed by atoms with Crippen molar-refractivity contribution in [3.05, 3.63) is 21.8 Å². The van der Waals surface area contributed by atoms with Crippen molar-refractivity contribution in [1.82, 2.24) is 14.8 Å². The highest BCUT2D eigenvalue weighted by Crippen LogP contribution is 2.34. The number of hydrogen-bond donors (Lipinski definition) is 2. The predicted molar refractivity (Wildman–Crippen MR) is 133 cm³/mol. The molecule has 0 aliphatic heterocycles. The first-order valence-electron chi connectivity index (χ1n) is 11.8. The Bertz CT molecular complexity index is 1030. The first-order valence-corrected chi connectivity index (χ1v) is 13.6. The van der Waals surface area contributed by atoms with Gasteiger partial charge in [0, 0.05) is 13.0 Å². The van der Waals surface area contributed by atoms with Crippen LogP contribution in [0.25, 0.3) is 0 Å². The summed E-state index contributed by atoms with van der Waals surface area (Å²) >= 11 is 2.28. The number of nitrogens with one attached hydrogen (secondary N) is 1. The van der Waals surface area contributed by atoms with Crippen LogP contribution >= 0.6 is 23.1 Å². The number of ether oxygens (including phenoxy) is 1. The van der Waals surface area contributed by atoms with Crippen LogP contribution < -0.4 is 11.1 Å². The molecule has 0 atom stereocenters. The molecule has 0 spiro atoms. The Labute approximate surface area is 208 Å². The minimum atomic E-state index is -0.653. The van der Waals surface area contributed by atoms with Gasteiger partial charge in [-0.15, -0.1) is 21.5 Å². The molecule has 34 heavy (non-hydrogen) atoms. The Balaban J connectivity index is 1.64. The number of thioether (sulfide) groups is 1. The van der Waals surface area contributed by atoms with Gasteiger partial charge in [-0.1, -0.05) is 43.9 Å². The molecule has 0 radical (unpaired) electrons. The number of amides is 2. The summed E-state index contributed by atoms with van der Waals surface area (Å²) in [6, 6.07) is 0. The van der Waals surface area contributed by atoms with Crippen molar-refractivity contribution in [2.24, 2.45) is 11.7 Å². The summed E-state index contributed by atoms with van der Waals surface area (Å²) in [6.45, 7) is 6.26. The molecular weight excluding hydrogens is 474 g/mol. The van der Waals surface area contributed by atoms with E-state index in [2.05, 4.69) is 20.1 Å². The van der Waals surface area contributed by atoms with E-state index in [1.807, 2.05) is 6.92 Å². The molecule has 3 N–H and O–H groups in total. The molecule has 9 nitrogen and oxygen atoms in total. The largest absolute Gasteiger partial charge is 0.462 e. The molecule has 1 fully saturated rings. The maximum atomic E-state index is 12.7. The molecule has 3 rings (SSSR count). The van der Waals surface area contributed by atoms with E-state index in [0.29, 0.717) is 10.7 Å². The van der Waals surface area contributed by atoms with Gasteiger partial charge in [-0.25, -0.2) is 4.79 Å². The van der Waals surface area contributed by atoms with Crippen molar-refractivity contribution in [1.29, 1.82) is 0 Å². The highest BCUT2D eigenvalue weighted by Gasteiger charge is 2.26. The molecule has 0 bridgehead atoms. The lowest BCUT2D eigenvalue weighted by atomic mass is 9.86. The predicted octanol–water partition coefficient (Wildman–Crippen LogP) is 4.19. The number of primary amides is 1. The fraction of sp³-hybridized carbons (Fsp3) is 0.609. The normalized spacial score (nSPS) is 14.2. The fourth-order valence-corrected chi connectivity index (χ4v) is 6.20. The minimum Gasteiger partial charge on any atom is -0.462 e. The Morgan fingerprint density at radius 3 is 2.59 bits per heavy atom. The molecule has 2 amide bonds. The van der Waals surface area contributed by atoms with Gasteiger partial charge in [0.25, 0.3) is 5.91 Å². The molecule has 186 valence electrons. The number of anilines is 1. The van der Waals surface area contributed by atoms with E-state index in [0.717, 1.165) is 42.5 Å². The third kappa shape index (κ3) is 6.38. The summed E-state index contributed by atoms with van der Waals surface area (Å²) in [5.74, 6) is 0.250. The van der Waals surface area contributed by atoms with Crippen molar-refractivity contribution >= 4 is 45.9 Å². The van der Waals surface area contributed by atoms with Crippen molar-refractivity contribution in [2.75, 3.05) is 17.7 Å². The molecule has 1 aliphatic carbocycles. The number of esters is 1. The monoisotopic (exact) mass is 507 g/mol. The second-order valence-electron chi connectivity index (χ2n) is 8.37. The van der Waals surface area contributed by atoms with E-state index >= 15 is 0 Å². The lowest BCUT2D eigenvalue weighted by Gasteiger charge is -2.21. The SMILES string of the molecule is CCOC(=O)c1c(NC(=O)CSc2nnc(CCC3CCCCC3)n2CC)sc(C(N)=O)c1C. The lowest BCUT2D eigenvalue weighted by Crippen LogP contribution is -2.17. The van der Waals surface area contributed by atoms with E-state index in [4.69, 9.17) is 10.5 Å². The van der Waals surface area contributed by atoms with Gasteiger partial charge in [0.15, 0.2) is 5.16 Å². The molecular formula is C23H33N5O4S2. The molecule has 11 heteroatoms. The minimum absolute atomic E-state index is 0.0892. The van der Waals surface area contributed by atoms with E-state index in [-0.39, 0.29) is 33.7 Å². The molecule has 0 aromatic carbocycles. The van der Waals surface area contributed by atoms with E-state index in [1.54, 1.807) is 13.8 Å². The number of carbonyl (C=O) groups excluding carboxylic acids is 3. The first-order chi connectivity index (χ1) is 16.3. The van der Waals surface area contributed by atoms with Gasteiger partial charge in [0.1, 0.15) is 10.8 Å². The van der Waals surface area contributed by atoms with Gasteiger partial charge in [-0.2, -0.15) is 0 Å². The first kappa shape index (κ1) is 26.2. The number of rotatable bonds is 11. The number of aryl methyl sites for hydroxylation is 1. The van der Waals surface area contributed by atoms with Gasteiger partial charge in [0.2, 0.25) is 5.91 Å². The van der Waals surface area contributed by atoms with Crippen molar-refractivity contribution in [3.63, 3.8) is 0 Å². The van der Waals surface area contributed by atoms with E-state index in [9.17, 15) is 14.4 Å². The molecule has 1 saturated carbocycles. The highest BCUT2D eigenvalue weighted by molar-refractivity contribution is 7.99. The summed E-state index contributed by atoms with van der Waals surface area (Å²) < 4.78 is 7.15. The van der Waals surface area contributed by atoms with Gasteiger partial charge in [-0.3, -0.25) is 9.59 Å². The summed E-state index contributed by atoms with van der Waals surface area (Å²) in [5.41, 5.74) is 6.00. The zero-order chi connectivity index (χ0) is 24.7. The zero-order valence-electron chi connectivity index (χ0n) is 20.0. The fourth-order valence-electron chi connectivity index (χ4n) is 4.32. The van der Waals surface area contributed by atoms with Crippen LogP contribution in [0.4, 0.5) is 5.00 Å². The van der Waals surface area contributed by atoms with Crippen LogP contribution in [0, 0.1) is 12.8 Å². The van der Waals surface area contributed by atoms with Crippen LogP contribution in [-0.4, -0.2) is 44.9 Å². The van der Waals surface area contributed by atoms with Crippen LogP contribution in [0.15, 0.2) is 5.16 Å². The summed E-state index contributed by atoms with van der Waals surface area (Å²) in [4.78, 5) is 37.1. The van der Waals surface area contributed by atoms with Crippen LogP contribution in [0.2, 0.25) is 0 Å². The smallest absolute Gasteiger partial charge is 0.341 e. The molecule has 1 aliphatic rings. The van der Waals surface area contributed by atoms with Crippen molar-refractivity contribution in [3.8, 4) is 0 Å². The lowest BCUT2D eigenvalue weighted by molar-refractivity contribution is -0.113. The Hall–Kier alpha value is -2.40. The zero-order valence-corrected chi connectivity index (χ0v) is 21.6. The van der Waals surface area contributed by atoms with E-state index < -0.39 is 11.9 Å². The Morgan fingerprint density at radius 2 is 1.94 bits per heavy atom. The average molecular weight is 508 g/mol. The third-order valence-electron chi connectivity index (χ3n) is 6.05. The quantitative estimate of drug-likeness (QED) is 0.345. The molecule has 2 heterocycles. The summed E-state index contributed by atoms with van der Waals surface area (Å²) in [7, 11) is 0. The molecule has 0 unspecified atom stereocenters. The summed E-state index contributed by atoms with van der Waals surface area (Å²) in [5, 5.41) is 12.4. The number of nitrogens with two attached hydrogens (primary N) is 1. The number of hydrogen-bond acceptors (Lipinski definition) is 8. The highest BCUT2D eigenvalue weighted by atomic mass is 32.2. The second kappa shape index (κ2) is 12.3. The van der Waals surface area contributed by atoms with Crippen molar-refractivity contribution < 1.29 is 19.1 Å². The van der Waals surface area contributed by atoms with Crippen LogP contribution in [0.1, 0.15) is 83.8 Å². The molecule has 2 aromatic rings. The topological polar surface area (TPSA) is 129 Å². The van der Waals surface area contributed by atoms with Gasteiger partial charge in [-0.05, 0) is 38.7 Å². The molecule has 2 aromatic heterocycles. The maximum absolute atomic E-state index is 12.7. The molecule has 0 saturated heterocycles. The van der Waals surface area contributed by atoms with Crippen LogP contribution in [0.5, 0.6) is 0 Å². The second-order valence-corrected chi connectivity index (χ2v) is 10.3. The van der Waals surface area contributed by atoms with Crippen LogP contribution in [-0.2, 0) is 22.5 Å².